The van der Waals surface area contributed by atoms with E-state index < -0.39 is 0 Å². The quantitative estimate of drug-likeness (QED) is 0.834. The molecule has 1 aliphatic carbocycles. The van der Waals surface area contributed by atoms with Crippen molar-refractivity contribution >= 4 is 15.9 Å². The molecule has 1 radical (unpaired) electrons. The first-order valence-corrected chi connectivity index (χ1v) is 7.96. The van der Waals surface area contributed by atoms with E-state index >= 15 is 0 Å². The van der Waals surface area contributed by atoms with E-state index in [9.17, 15) is 0 Å². The number of aromatic nitrogens is 2. The summed E-state index contributed by atoms with van der Waals surface area (Å²) in [4.78, 5) is 4.52. The molecule has 1 aromatic heterocycles. The van der Waals surface area contributed by atoms with E-state index in [4.69, 9.17) is 4.52 Å². The van der Waals surface area contributed by atoms with Crippen molar-refractivity contribution in [3.8, 4) is 0 Å². The van der Waals surface area contributed by atoms with E-state index in [-0.39, 0.29) is 0 Å². The Hall–Kier alpha value is -1.16. The molecule has 4 heteroatoms. The fraction of sp³-hybridized carbons (Fsp3) is 0.438. The first-order chi connectivity index (χ1) is 9.79. The van der Waals surface area contributed by atoms with Gasteiger partial charge in [-0.05, 0) is 55.7 Å². The highest BCUT2D eigenvalue weighted by molar-refractivity contribution is 9.10. The van der Waals surface area contributed by atoms with Crippen molar-refractivity contribution in [2.45, 2.75) is 38.5 Å². The maximum absolute atomic E-state index is 5.38. The molecule has 1 heterocycles. The van der Waals surface area contributed by atoms with Crippen LogP contribution in [0.5, 0.6) is 0 Å². The van der Waals surface area contributed by atoms with Crippen LogP contribution in [0.15, 0.2) is 33.3 Å². The molecular weight excluding hydrogens is 316 g/mol. The smallest absolute Gasteiger partial charge is 0.226 e. The number of benzene rings is 1. The Labute approximate surface area is 127 Å². The molecule has 1 saturated carbocycles. The first kappa shape index (κ1) is 13.8. The Balaban J connectivity index is 1.60. The highest BCUT2D eigenvalue weighted by Gasteiger charge is 2.17. The third-order valence-electron chi connectivity index (χ3n) is 3.81. The number of nitrogens with zero attached hydrogens (tertiary/aromatic N) is 2. The maximum atomic E-state index is 5.38. The van der Waals surface area contributed by atoms with E-state index in [1.54, 1.807) is 0 Å². The van der Waals surface area contributed by atoms with Crippen molar-refractivity contribution in [2.24, 2.45) is 5.92 Å². The van der Waals surface area contributed by atoms with Gasteiger partial charge in [-0.15, -0.1) is 0 Å². The zero-order valence-electron chi connectivity index (χ0n) is 11.4. The van der Waals surface area contributed by atoms with Gasteiger partial charge in [0, 0.05) is 17.3 Å². The molecule has 2 aromatic rings. The van der Waals surface area contributed by atoms with Gasteiger partial charge in [0.25, 0.3) is 0 Å². The molecule has 0 bridgehead atoms. The van der Waals surface area contributed by atoms with Crippen LogP contribution in [0.3, 0.4) is 0 Å². The second kappa shape index (κ2) is 6.53. The minimum Gasteiger partial charge on any atom is -0.339 e. The van der Waals surface area contributed by atoms with Crippen molar-refractivity contribution in [1.29, 1.82) is 0 Å². The molecule has 0 amide bonds. The van der Waals surface area contributed by atoms with Gasteiger partial charge in [-0.25, -0.2) is 0 Å². The average molecular weight is 334 g/mol. The molecule has 0 saturated heterocycles. The number of hydrogen-bond acceptors (Lipinski definition) is 3. The fourth-order valence-corrected chi connectivity index (χ4v) is 2.94. The normalized spacial score (nSPS) is 16.4. The van der Waals surface area contributed by atoms with E-state index in [2.05, 4.69) is 44.6 Å². The average Bonchev–Trinajstić information content (AvgIpc) is 2.90. The van der Waals surface area contributed by atoms with Crippen LogP contribution in [0.4, 0.5) is 0 Å². The zero-order chi connectivity index (χ0) is 13.8. The molecule has 0 unspecified atom stereocenters. The molecule has 0 aliphatic heterocycles. The second-order valence-corrected chi connectivity index (χ2v) is 6.34. The van der Waals surface area contributed by atoms with Crippen LogP contribution in [0.25, 0.3) is 0 Å². The fourth-order valence-electron chi connectivity index (χ4n) is 2.68. The lowest BCUT2D eigenvalue weighted by molar-refractivity contribution is 0.322. The largest absolute Gasteiger partial charge is 0.339 e. The van der Waals surface area contributed by atoms with Gasteiger partial charge < -0.3 is 4.52 Å². The van der Waals surface area contributed by atoms with Gasteiger partial charge in [0.2, 0.25) is 5.89 Å². The highest BCUT2D eigenvalue weighted by atomic mass is 79.9. The van der Waals surface area contributed by atoms with E-state index in [1.807, 2.05) is 12.1 Å². The van der Waals surface area contributed by atoms with Gasteiger partial charge in [-0.1, -0.05) is 33.2 Å². The van der Waals surface area contributed by atoms with E-state index in [0.717, 1.165) is 29.0 Å². The summed E-state index contributed by atoms with van der Waals surface area (Å²) in [6.07, 6.45) is 9.00. The highest BCUT2D eigenvalue weighted by Crippen LogP contribution is 2.25. The molecule has 3 rings (SSSR count). The summed E-state index contributed by atoms with van der Waals surface area (Å²) in [5, 5.41) is 4.09. The Morgan fingerprint density at radius 3 is 2.65 bits per heavy atom. The lowest BCUT2D eigenvalue weighted by atomic mass is 9.87. The van der Waals surface area contributed by atoms with Gasteiger partial charge in [-0.3, -0.25) is 0 Å². The molecule has 1 fully saturated rings. The lowest BCUT2D eigenvalue weighted by Gasteiger charge is -2.19. The first-order valence-electron chi connectivity index (χ1n) is 7.17. The van der Waals surface area contributed by atoms with Crippen LogP contribution in [-0.2, 0) is 12.8 Å². The van der Waals surface area contributed by atoms with Crippen LogP contribution < -0.4 is 0 Å². The number of halogens is 1. The third-order valence-corrected chi connectivity index (χ3v) is 4.34. The standard InChI is InChI=1S/C16H18BrN2O/c17-14-8-6-13(7-9-14)10-15-18-16(20-19-15)11-12-4-2-1-3-5-12/h1,6-9,12H,2-5,10-11H2. The van der Waals surface area contributed by atoms with Gasteiger partial charge >= 0.3 is 0 Å². The third kappa shape index (κ3) is 3.69. The summed E-state index contributed by atoms with van der Waals surface area (Å²) in [7, 11) is 0. The van der Waals surface area contributed by atoms with Gasteiger partial charge in [0.15, 0.2) is 5.82 Å². The zero-order valence-corrected chi connectivity index (χ0v) is 13.0. The van der Waals surface area contributed by atoms with Gasteiger partial charge in [-0.2, -0.15) is 4.98 Å². The molecule has 3 nitrogen and oxygen atoms in total. The van der Waals surface area contributed by atoms with Gasteiger partial charge in [0.1, 0.15) is 0 Å². The Bertz CT molecular complexity index is 544. The van der Waals surface area contributed by atoms with Crippen molar-refractivity contribution in [1.82, 2.24) is 10.1 Å². The Morgan fingerprint density at radius 2 is 1.90 bits per heavy atom. The summed E-state index contributed by atoms with van der Waals surface area (Å²) in [5.74, 6) is 2.29. The second-order valence-electron chi connectivity index (χ2n) is 5.42. The molecule has 0 spiro atoms. The number of hydrogen-bond donors (Lipinski definition) is 0. The monoisotopic (exact) mass is 333 g/mol. The Kier molecular flexibility index (Phi) is 4.51. The molecule has 105 valence electrons. The van der Waals surface area contributed by atoms with E-state index in [1.165, 1.54) is 31.2 Å². The summed E-state index contributed by atoms with van der Waals surface area (Å²) >= 11 is 3.44. The van der Waals surface area contributed by atoms with Crippen molar-refractivity contribution in [2.75, 3.05) is 0 Å². The van der Waals surface area contributed by atoms with Crippen LogP contribution in [-0.4, -0.2) is 10.1 Å². The SMILES string of the molecule is Brc1ccc(Cc2noc(CC3CC[CH]CC3)n2)cc1. The predicted molar refractivity (Wildman–Crippen MR) is 81.2 cm³/mol. The van der Waals surface area contributed by atoms with Gasteiger partial charge in [0.05, 0.1) is 0 Å². The van der Waals surface area contributed by atoms with E-state index in [0.29, 0.717) is 5.92 Å². The molecule has 1 aromatic carbocycles. The molecule has 1 aliphatic rings. The maximum Gasteiger partial charge on any atom is 0.226 e. The minimum absolute atomic E-state index is 0.709. The summed E-state index contributed by atoms with van der Waals surface area (Å²) in [6, 6.07) is 8.23. The summed E-state index contributed by atoms with van der Waals surface area (Å²) < 4.78 is 6.47. The van der Waals surface area contributed by atoms with Crippen molar-refractivity contribution in [3.05, 3.63) is 52.4 Å². The van der Waals surface area contributed by atoms with Crippen molar-refractivity contribution in [3.63, 3.8) is 0 Å². The molecule has 0 atom stereocenters. The lowest BCUT2D eigenvalue weighted by Crippen LogP contribution is -2.09. The summed E-state index contributed by atoms with van der Waals surface area (Å²) in [5.41, 5.74) is 1.20. The minimum atomic E-state index is 0.709. The molecular formula is C16H18BrN2O. The van der Waals surface area contributed by atoms with Crippen LogP contribution >= 0.6 is 15.9 Å². The summed E-state index contributed by atoms with van der Waals surface area (Å²) in [6.45, 7) is 0. The van der Waals surface area contributed by atoms with Crippen LogP contribution in [0, 0.1) is 12.3 Å². The van der Waals surface area contributed by atoms with Crippen LogP contribution in [0.1, 0.15) is 43.0 Å². The molecule has 0 N–H and O–H groups in total. The van der Waals surface area contributed by atoms with Crippen molar-refractivity contribution < 1.29 is 4.52 Å². The van der Waals surface area contributed by atoms with Crippen LogP contribution in [0.2, 0.25) is 0 Å². The Morgan fingerprint density at radius 1 is 1.15 bits per heavy atom. The number of rotatable bonds is 4. The predicted octanol–water partition coefficient (Wildman–Crippen LogP) is 4.36. The topological polar surface area (TPSA) is 38.9 Å². The molecule has 20 heavy (non-hydrogen) atoms.